The smallest absolute Gasteiger partial charge is 0.264 e. The molecule has 3 rings (SSSR count). The minimum absolute atomic E-state index is 0.140. The van der Waals surface area contributed by atoms with Gasteiger partial charge in [0.25, 0.3) is 5.91 Å². The van der Waals surface area contributed by atoms with Crippen molar-refractivity contribution in [1.29, 1.82) is 0 Å². The van der Waals surface area contributed by atoms with Crippen molar-refractivity contribution in [3.05, 3.63) is 27.8 Å². The number of nitrogens with zero attached hydrogens (tertiary/aromatic N) is 3. The van der Waals surface area contributed by atoms with Crippen molar-refractivity contribution in [2.24, 2.45) is 10.2 Å². The van der Waals surface area contributed by atoms with Crippen molar-refractivity contribution in [3.8, 4) is 0 Å². The first kappa shape index (κ1) is 11.8. The van der Waals surface area contributed by atoms with Gasteiger partial charge in [-0.3, -0.25) is 9.59 Å². The maximum Gasteiger partial charge on any atom is 0.264 e. The molecule has 0 radical (unpaired) electrons. The lowest BCUT2D eigenvalue weighted by Gasteiger charge is -2.17. The number of hydrogen-bond donors (Lipinski definition) is 0. The van der Waals surface area contributed by atoms with Crippen LogP contribution in [0.3, 0.4) is 0 Å². The third kappa shape index (κ3) is 1.66. The Morgan fingerprint density at radius 2 is 1.94 bits per heavy atom. The molecule has 0 aromatic heterocycles. The average Bonchev–Trinajstić information content (AvgIpc) is 2.89. The molecular formula is C12H10IN3O2. The van der Waals surface area contributed by atoms with Crippen LogP contribution in [0.15, 0.2) is 34.5 Å². The zero-order valence-corrected chi connectivity index (χ0v) is 11.6. The topological polar surface area (TPSA) is 62.1 Å². The lowest BCUT2D eigenvalue weighted by molar-refractivity contribution is -0.122. The SMILES string of the molecule is O=C1C[C@@]2(CCN=N2)C(=O)N1c1ccc(I)cc1. The van der Waals surface area contributed by atoms with E-state index in [1.807, 2.05) is 12.1 Å². The van der Waals surface area contributed by atoms with Gasteiger partial charge in [0.2, 0.25) is 5.91 Å². The Kier molecular flexibility index (Phi) is 2.69. The van der Waals surface area contributed by atoms with Crippen LogP contribution in [-0.2, 0) is 9.59 Å². The second-order valence-electron chi connectivity index (χ2n) is 4.43. The summed E-state index contributed by atoms with van der Waals surface area (Å²) in [7, 11) is 0. The zero-order chi connectivity index (χ0) is 12.8. The van der Waals surface area contributed by atoms with Gasteiger partial charge in [-0.2, -0.15) is 10.2 Å². The Labute approximate surface area is 117 Å². The molecule has 2 aliphatic heterocycles. The number of carbonyl (C=O) groups is 2. The third-order valence-electron chi connectivity index (χ3n) is 3.27. The highest BCUT2D eigenvalue weighted by atomic mass is 127. The molecule has 18 heavy (non-hydrogen) atoms. The van der Waals surface area contributed by atoms with Gasteiger partial charge in [-0.1, -0.05) is 0 Å². The van der Waals surface area contributed by atoms with Crippen LogP contribution in [0.4, 0.5) is 5.69 Å². The van der Waals surface area contributed by atoms with Crippen molar-refractivity contribution in [2.75, 3.05) is 11.4 Å². The zero-order valence-electron chi connectivity index (χ0n) is 9.47. The van der Waals surface area contributed by atoms with Crippen molar-refractivity contribution in [3.63, 3.8) is 0 Å². The Hall–Kier alpha value is -1.31. The van der Waals surface area contributed by atoms with E-state index in [9.17, 15) is 9.59 Å². The number of amides is 2. The monoisotopic (exact) mass is 355 g/mol. The van der Waals surface area contributed by atoms with E-state index < -0.39 is 5.54 Å². The molecule has 1 aromatic rings. The van der Waals surface area contributed by atoms with Gasteiger partial charge < -0.3 is 0 Å². The first-order valence-corrected chi connectivity index (χ1v) is 6.72. The normalized spacial score (nSPS) is 26.6. The number of azo groups is 1. The molecule has 0 bridgehead atoms. The summed E-state index contributed by atoms with van der Waals surface area (Å²) in [6, 6.07) is 7.31. The van der Waals surface area contributed by atoms with E-state index in [-0.39, 0.29) is 18.2 Å². The van der Waals surface area contributed by atoms with E-state index in [0.29, 0.717) is 18.7 Å². The highest BCUT2D eigenvalue weighted by molar-refractivity contribution is 14.1. The fourth-order valence-electron chi connectivity index (χ4n) is 2.32. The van der Waals surface area contributed by atoms with E-state index >= 15 is 0 Å². The summed E-state index contributed by atoms with van der Waals surface area (Å²) in [4.78, 5) is 25.6. The predicted molar refractivity (Wildman–Crippen MR) is 73.3 cm³/mol. The number of benzene rings is 1. The Morgan fingerprint density at radius 1 is 1.22 bits per heavy atom. The number of carbonyl (C=O) groups excluding carboxylic acids is 2. The lowest BCUT2D eigenvalue weighted by Crippen LogP contribution is -2.38. The summed E-state index contributed by atoms with van der Waals surface area (Å²) in [5.74, 6) is -0.433. The van der Waals surface area contributed by atoms with Crippen LogP contribution in [-0.4, -0.2) is 23.9 Å². The summed E-state index contributed by atoms with van der Waals surface area (Å²) in [6.45, 7) is 0.527. The maximum atomic E-state index is 12.4. The van der Waals surface area contributed by atoms with Crippen LogP contribution >= 0.6 is 22.6 Å². The number of rotatable bonds is 1. The van der Waals surface area contributed by atoms with Gasteiger partial charge >= 0.3 is 0 Å². The molecule has 1 atom stereocenters. The Morgan fingerprint density at radius 3 is 2.56 bits per heavy atom. The van der Waals surface area contributed by atoms with Crippen molar-refractivity contribution < 1.29 is 9.59 Å². The summed E-state index contributed by atoms with van der Waals surface area (Å²) in [5.41, 5.74) is -0.301. The van der Waals surface area contributed by atoms with E-state index in [1.165, 1.54) is 4.90 Å². The predicted octanol–water partition coefficient (Wildman–Crippen LogP) is 2.15. The van der Waals surface area contributed by atoms with Gasteiger partial charge in [-0.15, -0.1) is 0 Å². The van der Waals surface area contributed by atoms with E-state index in [1.54, 1.807) is 12.1 Å². The average molecular weight is 355 g/mol. The molecule has 0 N–H and O–H groups in total. The van der Waals surface area contributed by atoms with Crippen LogP contribution < -0.4 is 4.90 Å². The molecule has 0 unspecified atom stereocenters. The third-order valence-corrected chi connectivity index (χ3v) is 3.99. The fourth-order valence-corrected chi connectivity index (χ4v) is 2.68. The molecule has 0 saturated carbocycles. The summed E-state index contributed by atoms with van der Waals surface area (Å²) >= 11 is 2.18. The highest BCUT2D eigenvalue weighted by Gasteiger charge is 2.54. The number of imide groups is 1. The molecule has 1 saturated heterocycles. The molecule has 1 fully saturated rings. The van der Waals surface area contributed by atoms with Gasteiger partial charge in [-0.05, 0) is 46.9 Å². The van der Waals surface area contributed by atoms with E-state index in [0.717, 1.165) is 3.57 Å². The van der Waals surface area contributed by atoms with Gasteiger partial charge in [-0.25, -0.2) is 4.90 Å². The van der Waals surface area contributed by atoms with Gasteiger partial charge in [0, 0.05) is 9.99 Å². The standard InChI is InChI=1S/C12H10IN3O2/c13-8-1-3-9(4-2-8)16-10(17)7-12(11(16)18)5-6-14-15-12/h1-4H,5-7H2/t12-/m0/s1. The first-order valence-electron chi connectivity index (χ1n) is 5.64. The minimum atomic E-state index is -0.917. The van der Waals surface area contributed by atoms with Gasteiger partial charge in [0.1, 0.15) is 0 Å². The molecule has 1 aromatic carbocycles. The first-order chi connectivity index (χ1) is 8.62. The number of halogens is 1. The van der Waals surface area contributed by atoms with Gasteiger partial charge in [0.15, 0.2) is 5.54 Å². The van der Waals surface area contributed by atoms with Crippen molar-refractivity contribution in [1.82, 2.24) is 0 Å². The Bertz CT molecular complexity index is 555. The Balaban J connectivity index is 1.98. The van der Waals surface area contributed by atoms with Gasteiger partial charge in [0.05, 0.1) is 18.7 Å². The lowest BCUT2D eigenvalue weighted by atomic mass is 9.96. The molecule has 2 aliphatic rings. The largest absolute Gasteiger partial charge is 0.274 e. The molecular weight excluding hydrogens is 345 g/mol. The quantitative estimate of drug-likeness (QED) is 0.573. The van der Waals surface area contributed by atoms with Crippen molar-refractivity contribution >= 4 is 40.1 Å². The van der Waals surface area contributed by atoms with E-state index in [2.05, 4.69) is 32.8 Å². The molecule has 0 aliphatic carbocycles. The van der Waals surface area contributed by atoms with Crippen LogP contribution in [0, 0.1) is 3.57 Å². The van der Waals surface area contributed by atoms with Crippen LogP contribution in [0.2, 0.25) is 0 Å². The van der Waals surface area contributed by atoms with Crippen LogP contribution in [0.25, 0.3) is 0 Å². The number of anilines is 1. The van der Waals surface area contributed by atoms with Crippen molar-refractivity contribution in [2.45, 2.75) is 18.4 Å². The van der Waals surface area contributed by atoms with Crippen LogP contribution in [0.1, 0.15) is 12.8 Å². The van der Waals surface area contributed by atoms with E-state index in [4.69, 9.17) is 0 Å². The second-order valence-corrected chi connectivity index (χ2v) is 5.68. The summed E-state index contributed by atoms with van der Waals surface area (Å²) in [6.07, 6.45) is 0.680. The number of hydrogen-bond acceptors (Lipinski definition) is 4. The summed E-state index contributed by atoms with van der Waals surface area (Å²) < 4.78 is 1.06. The molecule has 1 spiro atoms. The maximum absolute atomic E-state index is 12.4. The highest BCUT2D eigenvalue weighted by Crippen LogP contribution is 2.37. The minimum Gasteiger partial charge on any atom is -0.274 e. The van der Waals surface area contributed by atoms with Crippen LogP contribution in [0.5, 0.6) is 0 Å². The molecule has 5 nitrogen and oxygen atoms in total. The summed E-state index contributed by atoms with van der Waals surface area (Å²) in [5, 5.41) is 7.87. The molecule has 6 heteroatoms. The molecule has 2 amide bonds. The fraction of sp³-hybridized carbons (Fsp3) is 0.333. The molecule has 2 heterocycles. The second kappa shape index (κ2) is 4.11. The molecule has 92 valence electrons.